The number of rotatable bonds is 2. The lowest BCUT2D eigenvalue weighted by Gasteiger charge is -2.49. The quantitative estimate of drug-likeness (QED) is 0.903. The highest BCUT2D eigenvalue weighted by atomic mass is 19.1. The average Bonchev–Trinajstić information content (AvgIpc) is 2.47. The second-order valence-electron chi connectivity index (χ2n) is 6.14. The van der Waals surface area contributed by atoms with Gasteiger partial charge in [-0.05, 0) is 50.0 Å². The zero-order chi connectivity index (χ0) is 14.2. The fourth-order valence-electron chi connectivity index (χ4n) is 3.56. The predicted molar refractivity (Wildman–Crippen MR) is 77.2 cm³/mol. The Morgan fingerprint density at radius 3 is 2.85 bits per heavy atom. The lowest BCUT2D eigenvalue weighted by molar-refractivity contribution is 0.0225. The lowest BCUT2D eigenvalue weighted by Crippen LogP contribution is -2.56. The van der Waals surface area contributed by atoms with Gasteiger partial charge in [0, 0.05) is 18.5 Å². The average molecular weight is 278 g/mol. The number of hydrogen-bond acceptors (Lipinski definition) is 3. The monoisotopic (exact) mass is 278 g/mol. The molecule has 20 heavy (non-hydrogen) atoms. The minimum atomic E-state index is -0.254. The molecule has 0 saturated carbocycles. The maximum atomic E-state index is 13.7. The van der Waals surface area contributed by atoms with E-state index in [0.717, 1.165) is 36.7 Å². The van der Waals surface area contributed by atoms with Crippen LogP contribution in [0.2, 0.25) is 0 Å². The van der Waals surface area contributed by atoms with E-state index in [4.69, 9.17) is 10.5 Å². The second-order valence-corrected chi connectivity index (χ2v) is 6.14. The van der Waals surface area contributed by atoms with E-state index in [-0.39, 0.29) is 11.4 Å². The van der Waals surface area contributed by atoms with Gasteiger partial charge in [-0.2, -0.15) is 0 Å². The fraction of sp³-hybridized carbons (Fsp3) is 0.625. The van der Waals surface area contributed by atoms with Crippen LogP contribution in [0.25, 0.3) is 0 Å². The highest BCUT2D eigenvalue weighted by molar-refractivity contribution is 5.42. The number of fused-ring (bicyclic) bond motifs is 1. The van der Waals surface area contributed by atoms with Crippen molar-refractivity contribution in [3.8, 4) is 5.75 Å². The molecule has 2 N–H and O–H groups in total. The molecule has 0 aliphatic carbocycles. The van der Waals surface area contributed by atoms with E-state index in [0.29, 0.717) is 13.2 Å². The topological polar surface area (TPSA) is 38.5 Å². The molecule has 0 radical (unpaired) electrons. The number of benzene rings is 1. The van der Waals surface area contributed by atoms with E-state index in [1.54, 1.807) is 12.1 Å². The highest BCUT2D eigenvalue weighted by Gasteiger charge is 2.42. The minimum Gasteiger partial charge on any atom is -0.493 e. The standard InChI is InChI=1S/C16H23FN2O/c1-12-4-7-19(8-5-12)16(11-18)6-9-20-15-3-2-13(17)10-14(15)16/h2-3,10,12H,4-9,11,18H2,1H3. The van der Waals surface area contributed by atoms with E-state index >= 15 is 0 Å². The molecule has 110 valence electrons. The molecule has 4 heteroatoms. The SMILES string of the molecule is CC1CCN(C2(CN)CCOc3ccc(F)cc32)CC1. The number of piperidine rings is 1. The first-order valence-corrected chi connectivity index (χ1v) is 7.54. The van der Waals surface area contributed by atoms with Crippen LogP contribution in [0.3, 0.4) is 0 Å². The number of nitrogens with zero attached hydrogens (tertiary/aromatic N) is 1. The molecule has 2 heterocycles. The summed E-state index contributed by atoms with van der Waals surface area (Å²) >= 11 is 0. The van der Waals surface area contributed by atoms with Crippen molar-refractivity contribution >= 4 is 0 Å². The van der Waals surface area contributed by atoms with Gasteiger partial charge in [0.2, 0.25) is 0 Å². The number of likely N-dealkylation sites (tertiary alicyclic amines) is 1. The Balaban J connectivity index is 1.99. The third-order valence-electron chi connectivity index (χ3n) is 4.94. The van der Waals surface area contributed by atoms with E-state index in [1.165, 1.54) is 18.9 Å². The molecule has 2 aliphatic heterocycles. The Kier molecular flexibility index (Phi) is 3.69. The van der Waals surface area contributed by atoms with Gasteiger partial charge < -0.3 is 10.5 Å². The summed E-state index contributed by atoms with van der Waals surface area (Å²) in [4.78, 5) is 2.45. The van der Waals surface area contributed by atoms with Gasteiger partial charge in [0.15, 0.2) is 0 Å². The van der Waals surface area contributed by atoms with Gasteiger partial charge >= 0.3 is 0 Å². The number of halogens is 1. The van der Waals surface area contributed by atoms with E-state index in [2.05, 4.69) is 11.8 Å². The summed E-state index contributed by atoms with van der Waals surface area (Å²) < 4.78 is 19.4. The van der Waals surface area contributed by atoms with E-state index < -0.39 is 0 Å². The van der Waals surface area contributed by atoms with Gasteiger partial charge in [-0.1, -0.05) is 6.92 Å². The summed E-state index contributed by atoms with van der Waals surface area (Å²) in [6.45, 7) is 5.54. The third-order valence-corrected chi connectivity index (χ3v) is 4.94. The maximum Gasteiger partial charge on any atom is 0.124 e. The van der Waals surface area contributed by atoms with Gasteiger partial charge in [0.25, 0.3) is 0 Å². The molecule has 1 saturated heterocycles. The molecule has 3 nitrogen and oxygen atoms in total. The van der Waals surface area contributed by atoms with Crippen molar-refractivity contribution in [2.75, 3.05) is 26.2 Å². The first kappa shape index (κ1) is 13.8. The van der Waals surface area contributed by atoms with Crippen molar-refractivity contribution in [2.45, 2.75) is 31.7 Å². The molecule has 2 aliphatic rings. The van der Waals surface area contributed by atoms with Gasteiger partial charge in [0.05, 0.1) is 12.1 Å². The zero-order valence-electron chi connectivity index (χ0n) is 12.1. The molecule has 0 aromatic heterocycles. The van der Waals surface area contributed by atoms with E-state index in [1.807, 2.05) is 0 Å². The van der Waals surface area contributed by atoms with Crippen molar-refractivity contribution in [3.63, 3.8) is 0 Å². The summed E-state index contributed by atoms with van der Waals surface area (Å²) in [6, 6.07) is 4.81. The smallest absolute Gasteiger partial charge is 0.124 e. The molecular formula is C16H23FN2O. The van der Waals surface area contributed by atoms with Crippen LogP contribution in [0.15, 0.2) is 18.2 Å². The van der Waals surface area contributed by atoms with Crippen molar-refractivity contribution in [1.82, 2.24) is 4.90 Å². The van der Waals surface area contributed by atoms with Gasteiger partial charge in [-0.25, -0.2) is 4.39 Å². The van der Waals surface area contributed by atoms with Crippen LogP contribution in [-0.4, -0.2) is 31.1 Å². The molecule has 0 spiro atoms. The molecule has 1 atom stereocenters. The summed E-state index contributed by atoms with van der Waals surface area (Å²) in [6.07, 6.45) is 3.22. The van der Waals surface area contributed by atoms with Crippen LogP contribution in [-0.2, 0) is 5.54 Å². The molecule has 0 bridgehead atoms. The van der Waals surface area contributed by atoms with Crippen LogP contribution in [0.5, 0.6) is 5.75 Å². The maximum absolute atomic E-state index is 13.7. The van der Waals surface area contributed by atoms with Gasteiger partial charge in [0.1, 0.15) is 11.6 Å². The largest absolute Gasteiger partial charge is 0.493 e. The Morgan fingerprint density at radius 2 is 2.15 bits per heavy atom. The Bertz CT molecular complexity index is 485. The highest BCUT2D eigenvalue weighted by Crippen LogP contribution is 2.42. The first-order valence-electron chi connectivity index (χ1n) is 7.54. The lowest BCUT2D eigenvalue weighted by atomic mass is 9.80. The zero-order valence-corrected chi connectivity index (χ0v) is 12.1. The van der Waals surface area contributed by atoms with Gasteiger partial charge in [-0.15, -0.1) is 0 Å². The van der Waals surface area contributed by atoms with E-state index in [9.17, 15) is 4.39 Å². The minimum absolute atomic E-state index is 0.211. The molecule has 1 unspecified atom stereocenters. The van der Waals surface area contributed by atoms with Crippen LogP contribution in [0.4, 0.5) is 4.39 Å². The first-order chi connectivity index (χ1) is 9.65. The molecule has 1 aromatic carbocycles. The fourth-order valence-corrected chi connectivity index (χ4v) is 3.56. The van der Waals surface area contributed by atoms with Crippen LogP contribution < -0.4 is 10.5 Å². The van der Waals surface area contributed by atoms with Gasteiger partial charge in [-0.3, -0.25) is 4.90 Å². The van der Waals surface area contributed by atoms with Crippen LogP contribution in [0.1, 0.15) is 31.7 Å². The number of ether oxygens (including phenoxy) is 1. The van der Waals surface area contributed by atoms with Crippen molar-refractivity contribution in [1.29, 1.82) is 0 Å². The summed E-state index contributed by atoms with van der Waals surface area (Å²) in [5.74, 6) is 1.35. The van der Waals surface area contributed by atoms with Crippen LogP contribution in [0, 0.1) is 11.7 Å². The van der Waals surface area contributed by atoms with Crippen LogP contribution >= 0.6 is 0 Å². The normalized spacial score (nSPS) is 27.9. The second kappa shape index (κ2) is 5.34. The van der Waals surface area contributed by atoms with Crippen molar-refractivity contribution in [3.05, 3.63) is 29.6 Å². The van der Waals surface area contributed by atoms with Crippen molar-refractivity contribution in [2.24, 2.45) is 11.7 Å². The summed E-state index contributed by atoms with van der Waals surface area (Å²) in [5.41, 5.74) is 6.83. The number of nitrogens with two attached hydrogens (primary N) is 1. The predicted octanol–water partition coefficient (Wildman–Crippen LogP) is 2.49. The molecule has 1 aromatic rings. The van der Waals surface area contributed by atoms with Crippen molar-refractivity contribution < 1.29 is 9.13 Å². The molecule has 0 amide bonds. The summed E-state index contributed by atoms with van der Waals surface area (Å²) in [7, 11) is 0. The Morgan fingerprint density at radius 1 is 1.40 bits per heavy atom. The summed E-state index contributed by atoms with van der Waals surface area (Å²) in [5, 5.41) is 0. The third kappa shape index (κ3) is 2.21. The Hall–Kier alpha value is -1.13. The molecule has 1 fully saturated rings. The molecule has 3 rings (SSSR count). The number of hydrogen-bond donors (Lipinski definition) is 1. The molecular weight excluding hydrogens is 255 g/mol. The Labute approximate surface area is 119 Å².